The number of phenolic OH excluding ortho intramolecular Hbond substituents is 1. The summed E-state index contributed by atoms with van der Waals surface area (Å²) in [5, 5.41) is 10.3. The lowest BCUT2D eigenvalue weighted by Gasteiger charge is -2.12. The molecule has 0 unspecified atom stereocenters. The van der Waals surface area contributed by atoms with Crippen LogP contribution in [0.3, 0.4) is 0 Å². The highest BCUT2D eigenvalue weighted by Gasteiger charge is 2.08. The van der Waals surface area contributed by atoms with Gasteiger partial charge in [-0.1, -0.05) is 72.8 Å². The molecule has 128 valence electrons. The van der Waals surface area contributed by atoms with Crippen LogP contribution in [0.2, 0.25) is 0 Å². The SMILES string of the molecule is Oc1cccc(CCCc2ccccc2)c1CCCc1ccccc1. The number of phenols is 1. The van der Waals surface area contributed by atoms with E-state index in [1.54, 1.807) is 0 Å². The Hall–Kier alpha value is -2.54. The van der Waals surface area contributed by atoms with Gasteiger partial charge >= 0.3 is 0 Å². The topological polar surface area (TPSA) is 20.2 Å². The molecule has 0 bridgehead atoms. The fourth-order valence-corrected chi connectivity index (χ4v) is 3.39. The molecule has 0 radical (unpaired) electrons. The molecule has 1 N–H and O–H groups in total. The van der Waals surface area contributed by atoms with E-state index < -0.39 is 0 Å². The Labute approximate surface area is 151 Å². The lowest BCUT2D eigenvalue weighted by molar-refractivity contribution is 0.465. The number of rotatable bonds is 8. The Balaban J connectivity index is 1.57. The molecule has 0 aromatic heterocycles. The molecule has 0 spiro atoms. The number of aryl methyl sites for hydroxylation is 3. The lowest BCUT2D eigenvalue weighted by Crippen LogP contribution is -1.98. The van der Waals surface area contributed by atoms with Crippen molar-refractivity contribution in [2.24, 2.45) is 0 Å². The summed E-state index contributed by atoms with van der Waals surface area (Å²) in [6, 6.07) is 27.1. The molecule has 0 heterocycles. The molecule has 3 aromatic rings. The maximum Gasteiger partial charge on any atom is 0.119 e. The third kappa shape index (κ3) is 5.22. The number of hydrogen-bond donors (Lipinski definition) is 1. The first-order valence-corrected chi connectivity index (χ1v) is 9.20. The van der Waals surface area contributed by atoms with Crippen LogP contribution in [0.4, 0.5) is 0 Å². The van der Waals surface area contributed by atoms with Crippen molar-refractivity contribution in [2.45, 2.75) is 38.5 Å². The monoisotopic (exact) mass is 330 g/mol. The van der Waals surface area contributed by atoms with Crippen LogP contribution in [0.15, 0.2) is 78.9 Å². The van der Waals surface area contributed by atoms with Gasteiger partial charge in [-0.3, -0.25) is 0 Å². The highest BCUT2D eigenvalue weighted by Crippen LogP contribution is 2.25. The van der Waals surface area contributed by atoms with Gasteiger partial charge in [-0.05, 0) is 66.8 Å². The number of hydrogen-bond acceptors (Lipinski definition) is 1. The van der Waals surface area contributed by atoms with Gasteiger partial charge in [0.1, 0.15) is 5.75 Å². The summed E-state index contributed by atoms with van der Waals surface area (Å²) in [5.41, 5.74) is 5.17. The van der Waals surface area contributed by atoms with Gasteiger partial charge in [-0.25, -0.2) is 0 Å². The van der Waals surface area contributed by atoms with Gasteiger partial charge in [0.05, 0.1) is 0 Å². The van der Waals surface area contributed by atoms with E-state index in [0.29, 0.717) is 5.75 Å². The normalized spacial score (nSPS) is 10.7. The molecule has 1 heteroatoms. The Morgan fingerprint density at radius 2 is 1.08 bits per heavy atom. The minimum Gasteiger partial charge on any atom is -0.508 e. The second kappa shape index (κ2) is 9.08. The van der Waals surface area contributed by atoms with E-state index in [1.165, 1.54) is 16.7 Å². The second-order valence-corrected chi connectivity index (χ2v) is 6.59. The Morgan fingerprint density at radius 1 is 0.520 bits per heavy atom. The van der Waals surface area contributed by atoms with Crippen LogP contribution in [-0.4, -0.2) is 5.11 Å². The van der Waals surface area contributed by atoms with Crippen LogP contribution in [0.5, 0.6) is 5.75 Å². The number of benzene rings is 3. The predicted octanol–water partition coefficient (Wildman–Crippen LogP) is 5.74. The quantitative estimate of drug-likeness (QED) is 0.558. The summed E-state index contributed by atoms with van der Waals surface area (Å²) in [4.78, 5) is 0. The highest BCUT2D eigenvalue weighted by molar-refractivity contribution is 5.39. The molecule has 0 amide bonds. The summed E-state index contributed by atoms with van der Waals surface area (Å²) in [5.74, 6) is 0.449. The summed E-state index contributed by atoms with van der Waals surface area (Å²) < 4.78 is 0. The first kappa shape index (κ1) is 17.3. The van der Waals surface area contributed by atoms with E-state index in [1.807, 2.05) is 12.1 Å². The zero-order valence-electron chi connectivity index (χ0n) is 14.7. The van der Waals surface area contributed by atoms with E-state index in [-0.39, 0.29) is 0 Å². The van der Waals surface area contributed by atoms with Gasteiger partial charge in [0.25, 0.3) is 0 Å². The minimum atomic E-state index is 0.449. The molecule has 0 saturated heterocycles. The van der Waals surface area contributed by atoms with E-state index >= 15 is 0 Å². The zero-order valence-corrected chi connectivity index (χ0v) is 14.7. The van der Waals surface area contributed by atoms with Crippen LogP contribution < -0.4 is 0 Å². The van der Waals surface area contributed by atoms with E-state index in [4.69, 9.17) is 0 Å². The van der Waals surface area contributed by atoms with Crippen molar-refractivity contribution < 1.29 is 5.11 Å². The summed E-state index contributed by atoms with van der Waals surface area (Å²) >= 11 is 0. The molecule has 0 atom stereocenters. The molecule has 0 fully saturated rings. The van der Waals surface area contributed by atoms with Crippen molar-refractivity contribution in [3.63, 3.8) is 0 Å². The summed E-state index contributed by atoms with van der Waals surface area (Å²) in [7, 11) is 0. The average molecular weight is 330 g/mol. The first-order valence-electron chi connectivity index (χ1n) is 9.20. The highest BCUT2D eigenvalue weighted by atomic mass is 16.3. The van der Waals surface area contributed by atoms with Gasteiger partial charge < -0.3 is 5.11 Å². The van der Waals surface area contributed by atoms with Crippen molar-refractivity contribution in [3.8, 4) is 5.75 Å². The first-order chi connectivity index (χ1) is 12.3. The zero-order chi connectivity index (χ0) is 17.3. The molecule has 0 saturated carbocycles. The standard InChI is InChI=1S/C24H26O/c25-24-19-9-17-22(16-7-14-20-10-3-1-4-11-20)23(24)18-8-15-21-12-5-2-6-13-21/h1-6,9-13,17,19,25H,7-8,14-16,18H2. The van der Waals surface area contributed by atoms with Crippen molar-refractivity contribution in [3.05, 3.63) is 101 Å². The summed E-state index contributed by atoms with van der Waals surface area (Å²) in [6.07, 6.45) is 6.26. The molecule has 1 nitrogen and oxygen atoms in total. The van der Waals surface area contributed by atoms with Crippen LogP contribution in [-0.2, 0) is 25.7 Å². The Kier molecular flexibility index (Phi) is 6.28. The minimum absolute atomic E-state index is 0.449. The van der Waals surface area contributed by atoms with Crippen LogP contribution >= 0.6 is 0 Å². The lowest BCUT2D eigenvalue weighted by atomic mass is 9.95. The molecular weight excluding hydrogens is 304 g/mol. The molecule has 0 aliphatic heterocycles. The van der Waals surface area contributed by atoms with Crippen molar-refractivity contribution in [1.29, 1.82) is 0 Å². The van der Waals surface area contributed by atoms with Crippen LogP contribution in [0, 0.1) is 0 Å². The van der Waals surface area contributed by atoms with Gasteiger partial charge in [-0.2, -0.15) is 0 Å². The summed E-state index contributed by atoms with van der Waals surface area (Å²) in [6.45, 7) is 0. The van der Waals surface area contributed by atoms with E-state index in [9.17, 15) is 5.11 Å². The molecule has 0 aliphatic carbocycles. The van der Waals surface area contributed by atoms with Crippen LogP contribution in [0.1, 0.15) is 35.1 Å². The van der Waals surface area contributed by atoms with Gasteiger partial charge in [0, 0.05) is 0 Å². The van der Waals surface area contributed by atoms with E-state index in [0.717, 1.165) is 44.1 Å². The molecule has 25 heavy (non-hydrogen) atoms. The fourth-order valence-electron chi connectivity index (χ4n) is 3.39. The number of aromatic hydroxyl groups is 1. The molecular formula is C24H26O. The van der Waals surface area contributed by atoms with Gasteiger partial charge in [0.2, 0.25) is 0 Å². The maximum absolute atomic E-state index is 10.3. The Bertz CT molecular complexity index is 763. The van der Waals surface area contributed by atoms with Gasteiger partial charge in [-0.15, -0.1) is 0 Å². The second-order valence-electron chi connectivity index (χ2n) is 6.59. The Morgan fingerprint density at radius 3 is 1.68 bits per heavy atom. The largest absolute Gasteiger partial charge is 0.508 e. The van der Waals surface area contributed by atoms with Gasteiger partial charge in [0.15, 0.2) is 0 Å². The van der Waals surface area contributed by atoms with Crippen molar-refractivity contribution in [1.82, 2.24) is 0 Å². The molecule has 3 rings (SSSR count). The predicted molar refractivity (Wildman–Crippen MR) is 105 cm³/mol. The van der Waals surface area contributed by atoms with Crippen molar-refractivity contribution >= 4 is 0 Å². The van der Waals surface area contributed by atoms with Crippen LogP contribution in [0.25, 0.3) is 0 Å². The maximum atomic E-state index is 10.3. The smallest absolute Gasteiger partial charge is 0.119 e. The third-order valence-corrected chi connectivity index (χ3v) is 4.74. The van der Waals surface area contributed by atoms with Crippen molar-refractivity contribution in [2.75, 3.05) is 0 Å². The average Bonchev–Trinajstić information content (AvgIpc) is 2.65. The van der Waals surface area contributed by atoms with E-state index in [2.05, 4.69) is 66.7 Å². The molecule has 0 aliphatic rings. The molecule has 3 aromatic carbocycles. The fraction of sp³-hybridized carbons (Fsp3) is 0.250. The third-order valence-electron chi connectivity index (χ3n) is 4.74.